The molecular formula is C28H23ClFN3O4S. The number of halogens is 2. The van der Waals surface area contributed by atoms with Crippen LogP contribution in [0.3, 0.4) is 0 Å². The van der Waals surface area contributed by atoms with Crippen molar-refractivity contribution in [2.75, 3.05) is 28.3 Å². The average Bonchev–Trinajstić information content (AvgIpc) is 2.90. The summed E-state index contributed by atoms with van der Waals surface area (Å²) in [6.07, 6.45) is 1.08. The van der Waals surface area contributed by atoms with Gasteiger partial charge in [-0.05, 0) is 60.2 Å². The maximum absolute atomic E-state index is 15.0. The first-order valence-electron chi connectivity index (χ1n) is 11.4. The lowest BCUT2D eigenvalue weighted by Gasteiger charge is -2.23. The first-order valence-corrected chi connectivity index (χ1v) is 13.7. The van der Waals surface area contributed by atoms with Gasteiger partial charge < -0.3 is 10.6 Å². The zero-order valence-corrected chi connectivity index (χ0v) is 21.8. The number of nitrogens with zero attached hydrogens (tertiary/aromatic N) is 1. The smallest absolute Gasteiger partial charge is 0.322 e. The number of benzene rings is 4. The Bertz CT molecular complexity index is 1580. The zero-order chi connectivity index (χ0) is 27.3. The Hall–Kier alpha value is -4.21. The van der Waals surface area contributed by atoms with Crippen LogP contribution in [0.15, 0.2) is 102 Å². The number of hydrogen-bond donors (Lipinski definition) is 2. The first-order chi connectivity index (χ1) is 18.1. The van der Waals surface area contributed by atoms with Crippen molar-refractivity contribution in [1.82, 2.24) is 0 Å². The topological polar surface area (TPSA) is 95.6 Å². The monoisotopic (exact) mass is 551 g/mol. The van der Waals surface area contributed by atoms with E-state index in [2.05, 4.69) is 10.6 Å². The van der Waals surface area contributed by atoms with Crippen LogP contribution in [0.2, 0.25) is 5.02 Å². The summed E-state index contributed by atoms with van der Waals surface area (Å²) < 4.78 is 39.3. The van der Waals surface area contributed by atoms with Gasteiger partial charge in [0.1, 0.15) is 12.4 Å². The molecule has 4 aromatic carbocycles. The molecule has 0 atom stereocenters. The van der Waals surface area contributed by atoms with Crippen molar-refractivity contribution in [2.45, 2.75) is 4.90 Å². The Kier molecular flexibility index (Phi) is 8.09. The van der Waals surface area contributed by atoms with E-state index in [0.29, 0.717) is 27.5 Å². The molecule has 7 nitrogen and oxygen atoms in total. The molecular weight excluding hydrogens is 529 g/mol. The van der Waals surface area contributed by atoms with Crippen molar-refractivity contribution in [3.05, 3.63) is 108 Å². The second-order valence-electron chi connectivity index (χ2n) is 8.37. The van der Waals surface area contributed by atoms with Crippen LogP contribution < -0.4 is 15.5 Å². The van der Waals surface area contributed by atoms with E-state index in [1.54, 1.807) is 72.8 Å². The molecule has 3 amide bonds. The molecule has 4 rings (SSSR count). The number of nitrogens with one attached hydrogen (secondary N) is 2. The van der Waals surface area contributed by atoms with Crippen LogP contribution in [0, 0.1) is 5.82 Å². The van der Waals surface area contributed by atoms with Crippen LogP contribution in [0.1, 0.15) is 0 Å². The number of para-hydroxylation sites is 1. The Balaban J connectivity index is 1.53. The minimum absolute atomic E-state index is 0.0707. The Morgan fingerprint density at radius 3 is 2.18 bits per heavy atom. The number of rotatable bonds is 7. The highest BCUT2D eigenvalue weighted by molar-refractivity contribution is 7.90. The van der Waals surface area contributed by atoms with E-state index >= 15 is 0 Å². The number of carbonyl (C=O) groups excluding carboxylic acids is 2. The summed E-state index contributed by atoms with van der Waals surface area (Å²) in [7, 11) is -3.54. The first kappa shape index (κ1) is 26.8. The van der Waals surface area contributed by atoms with Crippen molar-refractivity contribution in [1.29, 1.82) is 0 Å². The van der Waals surface area contributed by atoms with E-state index in [1.807, 2.05) is 0 Å². The molecule has 0 fully saturated rings. The summed E-state index contributed by atoms with van der Waals surface area (Å²) in [5.74, 6) is -1.39. The average molecular weight is 552 g/mol. The second-order valence-corrected chi connectivity index (χ2v) is 10.8. The van der Waals surface area contributed by atoms with Gasteiger partial charge in [0, 0.05) is 28.2 Å². The maximum Gasteiger partial charge on any atom is 0.326 e. The van der Waals surface area contributed by atoms with Crippen molar-refractivity contribution in [3.8, 4) is 11.1 Å². The lowest BCUT2D eigenvalue weighted by atomic mass is 10.0. The predicted molar refractivity (Wildman–Crippen MR) is 148 cm³/mol. The third kappa shape index (κ3) is 6.56. The molecule has 0 unspecified atom stereocenters. The van der Waals surface area contributed by atoms with Crippen LogP contribution in [0.4, 0.5) is 26.2 Å². The number of carbonyl (C=O) groups is 2. The van der Waals surface area contributed by atoms with E-state index in [4.69, 9.17) is 11.6 Å². The normalized spacial score (nSPS) is 11.0. The second kappa shape index (κ2) is 11.5. The van der Waals surface area contributed by atoms with Crippen LogP contribution in [0.5, 0.6) is 0 Å². The van der Waals surface area contributed by atoms with E-state index in [1.165, 1.54) is 23.1 Å². The van der Waals surface area contributed by atoms with Crippen molar-refractivity contribution in [2.24, 2.45) is 0 Å². The van der Waals surface area contributed by atoms with Crippen LogP contribution >= 0.6 is 11.6 Å². The number of urea groups is 1. The fourth-order valence-corrected chi connectivity index (χ4v) is 4.80. The molecule has 0 aliphatic rings. The Morgan fingerprint density at radius 2 is 1.53 bits per heavy atom. The van der Waals surface area contributed by atoms with Gasteiger partial charge >= 0.3 is 6.03 Å². The van der Waals surface area contributed by atoms with E-state index < -0.39 is 34.1 Å². The van der Waals surface area contributed by atoms with Gasteiger partial charge in [-0.1, -0.05) is 54.1 Å². The number of sulfone groups is 1. The Labute approximate surface area is 224 Å². The van der Waals surface area contributed by atoms with Gasteiger partial charge in [-0.3, -0.25) is 9.69 Å². The quantitative estimate of drug-likeness (QED) is 0.285. The maximum atomic E-state index is 15.0. The summed E-state index contributed by atoms with van der Waals surface area (Å²) in [5.41, 5.74) is 1.52. The Morgan fingerprint density at radius 1 is 0.868 bits per heavy atom. The van der Waals surface area contributed by atoms with Gasteiger partial charge in [-0.25, -0.2) is 17.6 Å². The predicted octanol–water partition coefficient (Wildman–Crippen LogP) is 6.23. The number of anilines is 3. The van der Waals surface area contributed by atoms with Crippen LogP contribution in [0.25, 0.3) is 11.1 Å². The minimum atomic E-state index is -3.54. The van der Waals surface area contributed by atoms with Gasteiger partial charge in [0.15, 0.2) is 9.84 Å². The fraction of sp³-hybridized carbons (Fsp3) is 0.0714. The van der Waals surface area contributed by atoms with Gasteiger partial charge in [0.25, 0.3) is 0 Å². The summed E-state index contributed by atoms with van der Waals surface area (Å²) in [6.45, 7) is -0.401. The molecule has 0 aromatic heterocycles. The molecule has 10 heteroatoms. The SMILES string of the molecule is CS(=O)(=O)c1ccccc1-c1ccc(NC(=O)CN(C(=O)Nc2ccc(Cl)cc2)c2ccccc2)c(F)c1. The van der Waals surface area contributed by atoms with E-state index in [9.17, 15) is 22.4 Å². The number of amides is 3. The zero-order valence-electron chi connectivity index (χ0n) is 20.2. The van der Waals surface area contributed by atoms with Crippen LogP contribution in [-0.4, -0.2) is 33.2 Å². The molecule has 0 heterocycles. The van der Waals surface area contributed by atoms with Gasteiger partial charge in [0.05, 0.1) is 10.6 Å². The molecule has 0 bridgehead atoms. The minimum Gasteiger partial charge on any atom is -0.322 e. The van der Waals surface area contributed by atoms with Crippen molar-refractivity contribution >= 4 is 50.4 Å². The van der Waals surface area contributed by atoms with E-state index in [-0.39, 0.29) is 10.6 Å². The molecule has 194 valence electrons. The summed E-state index contributed by atoms with van der Waals surface area (Å²) in [4.78, 5) is 27.2. The molecule has 0 saturated heterocycles. The highest BCUT2D eigenvalue weighted by Gasteiger charge is 2.21. The van der Waals surface area contributed by atoms with Crippen molar-refractivity contribution < 1.29 is 22.4 Å². The highest BCUT2D eigenvalue weighted by atomic mass is 35.5. The largest absolute Gasteiger partial charge is 0.326 e. The van der Waals surface area contributed by atoms with Crippen LogP contribution in [-0.2, 0) is 14.6 Å². The summed E-state index contributed by atoms with van der Waals surface area (Å²) in [6, 6.07) is 24.8. The van der Waals surface area contributed by atoms with E-state index in [0.717, 1.165) is 12.3 Å². The van der Waals surface area contributed by atoms with Crippen molar-refractivity contribution in [3.63, 3.8) is 0 Å². The van der Waals surface area contributed by atoms with Gasteiger partial charge in [-0.15, -0.1) is 0 Å². The molecule has 38 heavy (non-hydrogen) atoms. The molecule has 0 aliphatic carbocycles. The van der Waals surface area contributed by atoms with Gasteiger partial charge in [-0.2, -0.15) is 0 Å². The summed E-state index contributed by atoms with van der Waals surface area (Å²) in [5, 5.41) is 5.71. The lowest BCUT2D eigenvalue weighted by Crippen LogP contribution is -2.40. The highest BCUT2D eigenvalue weighted by Crippen LogP contribution is 2.30. The molecule has 0 spiro atoms. The molecule has 0 saturated carbocycles. The lowest BCUT2D eigenvalue weighted by molar-refractivity contribution is -0.114. The summed E-state index contributed by atoms with van der Waals surface area (Å²) >= 11 is 5.90. The third-order valence-corrected chi connectivity index (χ3v) is 6.96. The standard InChI is InChI=1S/C28H23ClFN3O4S/c1-38(36,37)26-10-6-5-9-23(26)19-11-16-25(24(30)17-19)32-27(34)18-33(22-7-3-2-4-8-22)28(35)31-21-14-12-20(29)13-15-21/h2-17H,18H2,1H3,(H,31,35)(H,32,34). The van der Waals surface area contributed by atoms with Gasteiger partial charge in [0.2, 0.25) is 5.91 Å². The fourth-order valence-electron chi connectivity index (χ4n) is 3.76. The third-order valence-electron chi connectivity index (χ3n) is 5.55. The molecule has 0 radical (unpaired) electrons. The number of hydrogen-bond acceptors (Lipinski definition) is 4. The molecule has 4 aromatic rings. The molecule has 2 N–H and O–H groups in total. The molecule has 0 aliphatic heterocycles.